The van der Waals surface area contributed by atoms with Gasteiger partial charge in [0, 0.05) is 10.7 Å². The summed E-state index contributed by atoms with van der Waals surface area (Å²) in [6.45, 7) is 3.63. The fourth-order valence-electron chi connectivity index (χ4n) is 4.44. The number of carbonyl (C=O) groups is 3. The highest BCUT2D eigenvalue weighted by molar-refractivity contribution is 8.01. The maximum atomic E-state index is 12.9. The molecule has 1 saturated carbocycles. The number of ketones is 1. The lowest BCUT2D eigenvalue weighted by Gasteiger charge is -2.45. The van der Waals surface area contributed by atoms with Crippen LogP contribution in [-0.2, 0) is 14.4 Å². The molecule has 8 heteroatoms. The van der Waals surface area contributed by atoms with E-state index in [1.54, 1.807) is 24.3 Å². The molecule has 1 aliphatic carbocycles. The molecule has 3 fully saturated rings. The van der Waals surface area contributed by atoms with Crippen molar-refractivity contribution in [2.75, 3.05) is 0 Å². The predicted molar refractivity (Wildman–Crippen MR) is 93.4 cm³/mol. The number of hydrogen-bond donors (Lipinski definition) is 3. The smallest absolute Gasteiger partial charge is 0.327 e. The lowest BCUT2D eigenvalue weighted by atomic mass is 9.85. The van der Waals surface area contributed by atoms with Crippen molar-refractivity contribution in [1.29, 1.82) is 0 Å². The second-order valence-corrected chi connectivity index (χ2v) is 9.43. The summed E-state index contributed by atoms with van der Waals surface area (Å²) in [4.78, 5) is 38.8. The molecule has 0 bridgehead atoms. The average Bonchev–Trinajstić information content (AvgIpc) is 3.32. The molecule has 5 unspecified atom stereocenters. The minimum Gasteiger partial charge on any atom is -0.480 e. The molecule has 0 radical (unpaired) electrons. The van der Waals surface area contributed by atoms with Crippen molar-refractivity contribution < 1.29 is 24.7 Å². The molecule has 26 heavy (non-hydrogen) atoms. The first-order valence-corrected chi connectivity index (χ1v) is 9.35. The van der Waals surface area contributed by atoms with Gasteiger partial charge in [-0.05, 0) is 25.8 Å². The molecule has 2 heterocycles. The third-order valence-corrected chi connectivity index (χ3v) is 7.51. The average molecular weight is 376 g/mol. The lowest BCUT2D eigenvalue weighted by molar-refractivity contribution is -0.167. The third kappa shape index (κ3) is 2.12. The maximum absolute atomic E-state index is 12.9. The zero-order chi connectivity index (χ0) is 18.9. The van der Waals surface area contributed by atoms with Gasteiger partial charge in [0.05, 0.1) is 10.8 Å². The minimum absolute atomic E-state index is 0.233. The van der Waals surface area contributed by atoms with Crippen LogP contribution in [0.4, 0.5) is 0 Å². The number of nitrogens with one attached hydrogen (secondary N) is 1. The molecule has 1 amide bonds. The Hall–Kier alpha value is -1.90. The van der Waals surface area contributed by atoms with Crippen LogP contribution in [0.2, 0.25) is 0 Å². The van der Waals surface area contributed by atoms with Crippen LogP contribution in [0.1, 0.15) is 31.9 Å². The maximum Gasteiger partial charge on any atom is 0.327 e. The Kier molecular flexibility index (Phi) is 3.74. The molecule has 1 spiro atoms. The highest BCUT2D eigenvalue weighted by atomic mass is 32.2. The van der Waals surface area contributed by atoms with Gasteiger partial charge in [-0.3, -0.25) is 9.59 Å². The molecule has 3 aliphatic rings. The summed E-state index contributed by atoms with van der Waals surface area (Å²) in [5.41, 5.74) is 1.89. The topological polar surface area (TPSA) is 107 Å². The second-order valence-electron chi connectivity index (χ2n) is 7.70. The van der Waals surface area contributed by atoms with Gasteiger partial charge in [0.1, 0.15) is 12.1 Å². The summed E-state index contributed by atoms with van der Waals surface area (Å²) in [6, 6.07) is 7.08. The number of β-lactam (4-membered cyclic amide) rings is 1. The number of carbonyl (C=O) groups excluding carboxylic acids is 2. The molecule has 2 saturated heterocycles. The predicted octanol–water partition coefficient (Wildman–Crippen LogP) is 1.43. The van der Waals surface area contributed by atoms with Crippen molar-refractivity contribution in [2.45, 2.75) is 42.5 Å². The zero-order valence-electron chi connectivity index (χ0n) is 14.4. The van der Waals surface area contributed by atoms with E-state index >= 15 is 0 Å². The second kappa shape index (κ2) is 5.55. The molecule has 138 valence electrons. The lowest BCUT2D eigenvalue weighted by Crippen LogP contribution is -2.65. The van der Waals surface area contributed by atoms with Crippen molar-refractivity contribution >= 4 is 29.4 Å². The normalized spacial score (nSPS) is 35.0. The highest BCUT2D eigenvalue weighted by Gasteiger charge is 2.81. The SMILES string of the molecule is CC1(C)SC2N(C(=O)C23CC3C(=O)C(NO)c2ccccc2)C1C(=O)O. The third-order valence-electron chi connectivity index (χ3n) is 5.81. The van der Waals surface area contributed by atoms with Gasteiger partial charge in [-0.15, -0.1) is 11.8 Å². The summed E-state index contributed by atoms with van der Waals surface area (Å²) >= 11 is 1.45. The number of fused-ring (bicyclic) bond motifs is 2. The summed E-state index contributed by atoms with van der Waals surface area (Å²) in [5, 5.41) is 18.7. The van der Waals surface area contributed by atoms with Gasteiger partial charge in [-0.25, -0.2) is 4.79 Å². The van der Waals surface area contributed by atoms with Gasteiger partial charge < -0.3 is 15.2 Å². The molecule has 2 aliphatic heterocycles. The van der Waals surface area contributed by atoms with Gasteiger partial charge in [0.15, 0.2) is 5.78 Å². The van der Waals surface area contributed by atoms with E-state index in [4.69, 9.17) is 0 Å². The number of rotatable bonds is 5. The summed E-state index contributed by atoms with van der Waals surface area (Å²) in [6.07, 6.45) is 0.409. The summed E-state index contributed by atoms with van der Waals surface area (Å²) in [7, 11) is 0. The largest absolute Gasteiger partial charge is 0.480 e. The van der Waals surface area contributed by atoms with Crippen molar-refractivity contribution in [1.82, 2.24) is 10.4 Å². The van der Waals surface area contributed by atoms with Crippen LogP contribution < -0.4 is 5.48 Å². The monoisotopic (exact) mass is 376 g/mol. The van der Waals surface area contributed by atoms with E-state index in [0.717, 1.165) is 0 Å². The Morgan fingerprint density at radius 3 is 2.54 bits per heavy atom. The van der Waals surface area contributed by atoms with Crippen molar-refractivity contribution in [3.05, 3.63) is 35.9 Å². The number of amides is 1. The van der Waals surface area contributed by atoms with Crippen LogP contribution in [0.5, 0.6) is 0 Å². The fraction of sp³-hybridized carbons (Fsp3) is 0.500. The Morgan fingerprint density at radius 1 is 1.31 bits per heavy atom. The molecular formula is C18H20N2O5S. The van der Waals surface area contributed by atoms with E-state index in [2.05, 4.69) is 5.48 Å². The highest BCUT2D eigenvalue weighted by Crippen LogP contribution is 2.72. The molecular weight excluding hydrogens is 356 g/mol. The first-order chi connectivity index (χ1) is 12.3. The van der Waals surface area contributed by atoms with Crippen molar-refractivity contribution in [2.24, 2.45) is 11.3 Å². The fourth-order valence-corrected chi connectivity index (χ4v) is 6.27. The van der Waals surface area contributed by atoms with E-state index < -0.39 is 34.1 Å². The number of aliphatic carboxylic acids is 1. The number of benzene rings is 1. The Labute approximate surface area is 154 Å². The van der Waals surface area contributed by atoms with Crippen molar-refractivity contribution in [3.8, 4) is 0 Å². The molecule has 0 aromatic heterocycles. The Morgan fingerprint density at radius 2 is 1.96 bits per heavy atom. The van der Waals surface area contributed by atoms with E-state index in [0.29, 0.717) is 12.0 Å². The van der Waals surface area contributed by atoms with E-state index in [9.17, 15) is 24.7 Å². The Bertz CT molecular complexity index is 798. The first kappa shape index (κ1) is 17.5. The minimum atomic E-state index is -1.02. The van der Waals surface area contributed by atoms with E-state index in [1.807, 2.05) is 19.9 Å². The van der Waals surface area contributed by atoms with Gasteiger partial charge >= 0.3 is 5.97 Å². The van der Waals surface area contributed by atoms with Crippen LogP contribution in [0.25, 0.3) is 0 Å². The van der Waals surface area contributed by atoms with Crippen LogP contribution in [0.3, 0.4) is 0 Å². The first-order valence-electron chi connectivity index (χ1n) is 8.47. The van der Waals surface area contributed by atoms with E-state index in [-0.39, 0.29) is 17.1 Å². The number of Topliss-reactive ketones (excluding diaryl/α,β-unsaturated/α-hetero) is 1. The van der Waals surface area contributed by atoms with Crippen LogP contribution in [0, 0.1) is 11.3 Å². The molecule has 1 aromatic rings. The molecule has 7 nitrogen and oxygen atoms in total. The van der Waals surface area contributed by atoms with Gasteiger partial charge in [0.2, 0.25) is 5.91 Å². The summed E-state index contributed by atoms with van der Waals surface area (Å²) < 4.78 is -0.611. The van der Waals surface area contributed by atoms with Crippen molar-refractivity contribution in [3.63, 3.8) is 0 Å². The molecule has 5 atom stereocenters. The molecule has 3 N–H and O–H groups in total. The van der Waals surface area contributed by atoms with Crippen LogP contribution in [-0.4, -0.2) is 49.0 Å². The molecule has 1 aromatic carbocycles. The number of carboxylic acid groups (broad SMARTS) is 1. The van der Waals surface area contributed by atoms with Gasteiger partial charge in [-0.1, -0.05) is 30.3 Å². The van der Waals surface area contributed by atoms with Gasteiger partial charge in [-0.2, -0.15) is 5.48 Å². The number of thioether (sulfide) groups is 1. The van der Waals surface area contributed by atoms with E-state index in [1.165, 1.54) is 16.7 Å². The zero-order valence-corrected chi connectivity index (χ0v) is 15.2. The summed E-state index contributed by atoms with van der Waals surface area (Å²) in [5.74, 6) is -2.01. The molecule has 4 rings (SSSR count). The number of carboxylic acids is 1. The van der Waals surface area contributed by atoms with Crippen LogP contribution in [0.15, 0.2) is 30.3 Å². The number of hydroxylamine groups is 1. The quantitative estimate of drug-likeness (QED) is 0.527. The number of nitrogens with zero attached hydrogens (tertiary/aromatic N) is 1. The van der Waals surface area contributed by atoms with Crippen LogP contribution >= 0.6 is 11.8 Å². The standard InChI is InChI=1S/C18H20N2O5S/c1-17(2)13(14(22)23)20-15(24)18(16(20)26-17)8-10(18)12(21)11(19-25)9-6-4-3-5-7-9/h3-7,10-11,13,16,19,25H,8H2,1-2H3,(H,22,23). The van der Waals surface area contributed by atoms with Gasteiger partial charge in [0.25, 0.3) is 0 Å². The Balaban J connectivity index is 1.58. The number of hydrogen-bond acceptors (Lipinski definition) is 6.